The molecule has 4 heteroatoms. The number of hydrogen-bond acceptors (Lipinski definition) is 3. The minimum Gasteiger partial charge on any atom is -0.357 e. The van der Waals surface area contributed by atoms with E-state index in [0.29, 0.717) is 0 Å². The van der Waals surface area contributed by atoms with Gasteiger partial charge in [0.05, 0.1) is 0 Å². The summed E-state index contributed by atoms with van der Waals surface area (Å²) in [5.74, 6) is 1.83. The van der Waals surface area contributed by atoms with E-state index in [1.54, 1.807) is 0 Å². The maximum atomic E-state index is 4.48. The van der Waals surface area contributed by atoms with E-state index >= 15 is 0 Å². The summed E-state index contributed by atoms with van der Waals surface area (Å²) in [5.41, 5.74) is 1.22. The fraction of sp³-hybridized carbons (Fsp3) is 0.375. The zero-order chi connectivity index (χ0) is 13.8. The van der Waals surface area contributed by atoms with Crippen LogP contribution in [0, 0.1) is 5.92 Å². The molecule has 1 fully saturated rings. The molecule has 0 atom stereocenters. The monoisotopic (exact) mass is 331 g/mol. The summed E-state index contributed by atoms with van der Waals surface area (Å²) in [7, 11) is 0. The number of halogens is 1. The first kappa shape index (κ1) is 13.6. The van der Waals surface area contributed by atoms with Crippen LogP contribution in [0.25, 0.3) is 0 Å². The van der Waals surface area contributed by atoms with Crippen LogP contribution in [0.4, 0.5) is 5.82 Å². The Morgan fingerprint density at radius 3 is 2.60 bits per heavy atom. The molecule has 0 spiro atoms. The molecular weight excluding hydrogens is 314 g/mol. The predicted molar refractivity (Wildman–Crippen MR) is 84.8 cm³/mol. The first-order chi connectivity index (χ1) is 9.81. The second kappa shape index (κ2) is 6.35. The van der Waals surface area contributed by atoms with E-state index in [1.807, 2.05) is 18.5 Å². The molecule has 1 saturated heterocycles. The van der Waals surface area contributed by atoms with Gasteiger partial charge in [-0.2, -0.15) is 0 Å². The Kier molecular flexibility index (Phi) is 4.31. The molecule has 0 unspecified atom stereocenters. The van der Waals surface area contributed by atoms with Crippen LogP contribution in [-0.2, 0) is 6.42 Å². The average molecular weight is 332 g/mol. The van der Waals surface area contributed by atoms with Crippen LogP contribution in [0.1, 0.15) is 18.5 Å². The summed E-state index contributed by atoms with van der Waals surface area (Å²) in [4.78, 5) is 11.3. The Morgan fingerprint density at radius 2 is 1.95 bits per heavy atom. The van der Waals surface area contributed by atoms with Crippen molar-refractivity contribution in [3.8, 4) is 0 Å². The average Bonchev–Trinajstić information content (AvgIpc) is 2.50. The molecule has 3 heterocycles. The molecular formula is C16H18BrN3. The van der Waals surface area contributed by atoms with Crippen molar-refractivity contribution >= 4 is 21.7 Å². The van der Waals surface area contributed by atoms with Crippen LogP contribution in [0.3, 0.4) is 0 Å². The quantitative estimate of drug-likeness (QED) is 0.858. The molecule has 2 aromatic heterocycles. The standard InChI is InChI=1S/C16H18BrN3/c17-14-4-5-16(19-12-14)20-9-6-13(7-10-20)11-15-3-1-2-8-18-15/h1-5,8,12-13H,6-7,9-11H2. The SMILES string of the molecule is Brc1ccc(N2CCC(Cc3ccccn3)CC2)nc1. The molecule has 0 aromatic carbocycles. The van der Waals surface area contributed by atoms with Gasteiger partial charge >= 0.3 is 0 Å². The molecule has 104 valence electrons. The zero-order valence-corrected chi connectivity index (χ0v) is 13.0. The lowest BCUT2D eigenvalue weighted by atomic mass is 9.92. The van der Waals surface area contributed by atoms with Crippen LogP contribution < -0.4 is 4.90 Å². The van der Waals surface area contributed by atoms with Crippen LogP contribution in [-0.4, -0.2) is 23.1 Å². The van der Waals surface area contributed by atoms with Crippen molar-refractivity contribution in [1.29, 1.82) is 0 Å². The van der Waals surface area contributed by atoms with Gasteiger partial charge in [-0.05, 0) is 65.4 Å². The van der Waals surface area contributed by atoms with E-state index in [-0.39, 0.29) is 0 Å². The van der Waals surface area contributed by atoms with Crippen molar-refractivity contribution < 1.29 is 0 Å². The fourth-order valence-electron chi connectivity index (χ4n) is 2.74. The largest absolute Gasteiger partial charge is 0.357 e. The number of rotatable bonds is 3. The van der Waals surface area contributed by atoms with Crippen molar-refractivity contribution in [2.45, 2.75) is 19.3 Å². The van der Waals surface area contributed by atoms with Crippen LogP contribution in [0.15, 0.2) is 47.2 Å². The van der Waals surface area contributed by atoms with Gasteiger partial charge in [-0.25, -0.2) is 4.98 Å². The Morgan fingerprint density at radius 1 is 1.10 bits per heavy atom. The number of pyridine rings is 2. The van der Waals surface area contributed by atoms with E-state index in [4.69, 9.17) is 0 Å². The third-order valence-corrected chi connectivity index (χ3v) is 4.34. The maximum Gasteiger partial charge on any atom is 0.128 e. The second-order valence-electron chi connectivity index (χ2n) is 5.29. The number of nitrogens with zero attached hydrogens (tertiary/aromatic N) is 3. The van der Waals surface area contributed by atoms with Gasteiger partial charge in [0.1, 0.15) is 5.82 Å². The lowest BCUT2D eigenvalue weighted by Crippen LogP contribution is -2.34. The van der Waals surface area contributed by atoms with Gasteiger partial charge in [-0.1, -0.05) is 6.07 Å². The van der Waals surface area contributed by atoms with Crippen molar-refractivity contribution in [2.24, 2.45) is 5.92 Å². The molecule has 3 rings (SSSR count). The Bertz CT molecular complexity index is 533. The van der Waals surface area contributed by atoms with Crippen molar-refractivity contribution in [1.82, 2.24) is 9.97 Å². The predicted octanol–water partition coefficient (Wildman–Crippen LogP) is 3.70. The minimum absolute atomic E-state index is 0.747. The van der Waals surface area contributed by atoms with Gasteiger partial charge < -0.3 is 4.90 Å². The van der Waals surface area contributed by atoms with Gasteiger partial charge in [0.2, 0.25) is 0 Å². The highest BCUT2D eigenvalue weighted by atomic mass is 79.9. The molecule has 1 aliphatic rings. The summed E-state index contributed by atoms with van der Waals surface area (Å²) in [5, 5.41) is 0. The molecule has 0 aliphatic carbocycles. The highest BCUT2D eigenvalue weighted by Gasteiger charge is 2.20. The first-order valence-corrected chi connectivity index (χ1v) is 7.87. The third-order valence-electron chi connectivity index (χ3n) is 3.87. The lowest BCUT2D eigenvalue weighted by Gasteiger charge is -2.32. The van der Waals surface area contributed by atoms with E-state index in [2.05, 4.69) is 55.1 Å². The second-order valence-corrected chi connectivity index (χ2v) is 6.21. The number of hydrogen-bond donors (Lipinski definition) is 0. The summed E-state index contributed by atoms with van der Waals surface area (Å²) in [6.07, 6.45) is 7.29. The highest BCUT2D eigenvalue weighted by Crippen LogP contribution is 2.24. The van der Waals surface area contributed by atoms with Crippen LogP contribution >= 0.6 is 15.9 Å². The summed E-state index contributed by atoms with van der Waals surface area (Å²) in [6, 6.07) is 10.3. The van der Waals surface area contributed by atoms with Crippen molar-refractivity contribution in [3.63, 3.8) is 0 Å². The number of aromatic nitrogens is 2. The normalized spacial score (nSPS) is 16.4. The lowest BCUT2D eigenvalue weighted by molar-refractivity contribution is 0.399. The fourth-order valence-corrected chi connectivity index (χ4v) is 2.97. The number of piperidine rings is 1. The summed E-state index contributed by atoms with van der Waals surface area (Å²) in [6.45, 7) is 2.18. The molecule has 1 aliphatic heterocycles. The van der Waals surface area contributed by atoms with Gasteiger partial charge in [-0.15, -0.1) is 0 Å². The Balaban J connectivity index is 1.55. The minimum atomic E-state index is 0.747. The van der Waals surface area contributed by atoms with Gasteiger partial charge in [0.25, 0.3) is 0 Å². The summed E-state index contributed by atoms with van der Waals surface area (Å²) < 4.78 is 1.03. The maximum absolute atomic E-state index is 4.48. The molecule has 0 amide bonds. The molecule has 20 heavy (non-hydrogen) atoms. The summed E-state index contributed by atoms with van der Waals surface area (Å²) >= 11 is 3.43. The smallest absolute Gasteiger partial charge is 0.128 e. The topological polar surface area (TPSA) is 29.0 Å². The van der Waals surface area contributed by atoms with E-state index in [1.165, 1.54) is 18.5 Å². The Labute approximate surface area is 128 Å². The zero-order valence-electron chi connectivity index (χ0n) is 11.4. The molecule has 0 radical (unpaired) electrons. The van der Waals surface area contributed by atoms with Crippen molar-refractivity contribution in [3.05, 3.63) is 52.9 Å². The van der Waals surface area contributed by atoms with Gasteiger partial charge in [0, 0.05) is 35.6 Å². The molecule has 0 N–H and O–H groups in total. The first-order valence-electron chi connectivity index (χ1n) is 7.07. The van der Waals surface area contributed by atoms with Crippen LogP contribution in [0.2, 0.25) is 0 Å². The third kappa shape index (κ3) is 3.37. The van der Waals surface area contributed by atoms with Gasteiger partial charge in [0.15, 0.2) is 0 Å². The van der Waals surface area contributed by atoms with E-state index in [9.17, 15) is 0 Å². The molecule has 0 bridgehead atoms. The molecule has 0 saturated carbocycles. The number of anilines is 1. The van der Waals surface area contributed by atoms with Crippen LogP contribution in [0.5, 0.6) is 0 Å². The molecule has 3 nitrogen and oxygen atoms in total. The van der Waals surface area contributed by atoms with Crippen molar-refractivity contribution in [2.75, 3.05) is 18.0 Å². The highest BCUT2D eigenvalue weighted by molar-refractivity contribution is 9.10. The Hall–Kier alpha value is -1.42. The molecule has 2 aromatic rings. The van der Waals surface area contributed by atoms with E-state index in [0.717, 1.165) is 35.7 Å². The van der Waals surface area contributed by atoms with Gasteiger partial charge in [-0.3, -0.25) is 4.98 Å². The van der Waals surface area contributed by atoms with E-state index < -0.39 is 0 Å².